The van der Waals surface area contributed by atoms with Gasteiger partial charge in [-0.3, -0.25) is 8.63 Å². The second-order valence-corrected chi connectivity index (χ2v) is 0.686. The van der Waals surface area contributed by atoms with Crippen LogP contribution in [0.2, 0.25) is 0 Å². The van der Waals surface area contributed by atoms with Crippen molar-refractivity contribution in [3.63, 3.8) is 0 Å². The normalized spacial score (nSPS) is 7.14. The molecule has 0 aliphatic heterocycles. The van der Waals surface area contributed by atoms with Gasteiger partial charge in [0.1, 0.15) is 0 Å². The summed E-state index contributed by atoms with van der Waals surface area (Å²) < 4.78 is 43.0. The van der Waals surface area contributed by atoms with E-state index in [1.165, 1.54) is 0 Å². The lowest BCUT2D eigenvalue weighted by Gasteiger charge is -1.72. The smallest absolute Gasteiger partial charge is 0.321 e. The van der Waals surface area contributed by atoms with Gasteiger partial charge >= 0.3 is 7.83 Å². The molecule has 0 amide bonds. The summed E-state index contributed by atoms with van der Waals surface area (Å²) in [6.07, 6.45) is 0. The first-order valence-corrected chi connectivity index (χ1v) is 1.87. The van der Waals surface area contributed by atoms with E-state index < -0.39 is 18.6 Å². The largest absolute Gasteiger partial charge is 0.577 e. The molecule has 0 aliphatic rings. The average molecular weight is 133 g/mol. The highest BCUT2D eigenvalue weighted by Gasteiger charge is 1.79. The topological polar surface area (TPSA) is 66.3 Å². The number of halogens is 3. The predicted octanol–water partition coefficient (Wildman–Crippen LogP) is -2.48. The highest BCUT2D eigenvalue weighted by atomic mass is 35.6. The Labute approximate surface area is 42.3 Å². The molecule has 0 aromatic heterocycles. The van der Waals surface area contributed by atoms with Gasteiger partial charge in [-0.15, -0.1) is 0 Å². The molecule has 0 spiro atoms. The number of hydrogen-bond acceptors (Lipinski definition) is 3. The molecule has 3 nitrogen and oxygen atoms in total. The lowest BCUT2D eigenvalue weighted by atomic mass is 10.6. The predicted molar refractivity (Wildman–Crippen MR) is 10.2 cm³/mol. The van der Waals surface area contributed by atoms with E-state index in [2.05, 4.69) is 0 Å². The second kappa shape index (κ2) is 9.44. The molecule has 0 atom stereocenters. The Balaban J connectivity index is 0. The van der Waals surface area contributed by atoms with Crippen LogP contribution in [-0.4, -0.2) is 12.5 Å². The van der Waals surface area contributed by atoms with E-state index >= 15 is 0 Å². The molecule has 0 rings (SSSR count). The molecule has 0 saturated heterocycles. The van der Waals surface area contributed by atoms with Gasteiger partial charge in [0.25, 0.3) is 10.8 Å². The van der Waals surface area contributed by atoms with Crippen molar-refractivity contribution in [1.82, 2.24) is 0 Å². The Hall–Kier alpha value is 0.0949. The van der Waals surface area contributed by atoms with Gasteiger partial charge in [-0.25, -0.2) is 0 Å². The van der Waals surface area contributed by atoms with Gasteiger partial charge in [0.2, 0.25) is 0 Å². The third kappa shape index (κ3) is 11300. The molecule has 0 aromatic rings. The first-order chi connectivity index (χ1) is 3.15. The zero-order chi connectivity index (χ0) is 6.28. The zero-order valence-corrected chi connectivity index (χ0v) is 3.73. The zero-order valence-electron chi connectivity index (χ0n) is 2.97. The van der Waals surface area contributed by atoms with Gasteiger partial charge in [-0.1, -0.05) is 0 Å². The second-order valence-electron chi connectivity index (χ2n) is 0.283. The molecule has 0 heterocycles. The minimum Gasteiger partial charge on any atom is -0.321 e. The summed E-state index contributed by atoms with van der Waals surface area (Å²) in [4.78, 5) is 0. The molecule has 0 aromatic carbocycles. The average Bonchev–Trinajstić information content (AvgIpc) is 1.33. The van der Waals surface area contributed by atoms with Crippen molar-refractivity contribution in [3.8, 4) is 0 Å². The van der Waals surface area contributed by atoms with Crippen LogP contribution in [0.5, 0.6) is 0 Å². The van der Waals surface area contributed by atoms with Crippen molar-refractivity contribution in [1.29, 1.82) is 0 Å². The van der Waals surface area contributed by atoms with Gasteiger partial charge in [0.15, 0.2) is 0 Å². The molecule has 7 heavy (non-hydrogen) atoms. The first kappa shape index (κ1) is 10.2. The summed E-state index contributed by atoms with van der Waals surface area (Å²) in [5.74, 6) is 0. The van der Waals surface area contributed by atoms with Crippen molar-refractivity contribution in [3.05, 3.63) is 0 Å². The minimum absolute atomic E-state index is 1.00. The van der Waals surface area contributed by atoms with Crippen LogP contribution in [0.25, 0.3) is 0 Å². The molecule has 0 saturated carbocycles. The highest BCUT2D eigenvalue weighted by Crippen LogP contribution is 1.49. The fourth-order valence-electron chi connectivity index (χ4n) is 0. The molecule has 1 radical (unpaired) electrons. The number of hydrogen-bond donors (Lipinski definition) is 1. The minimum atomic E-state index is -2.60. The monoisotopic (exact) mass is 133 g/mol. The third-order valence-corrected chi connectivity index (χ3v) is 0. The lowest BCUT2D eigenvalue weighted by molar-refractivity contribution is -1.63. The van der Waals surface area contributed by atoms with Crippen LogP contribution >= 0.6 is 0 Å². The summed E-state index contributed by atoms with van der Waals surface area (Å²) in [6, 6.07) is 0. The third-order valence-electron chi connectivity index (χ3n) is 0. The van der Waals surface area contributed by atoms with E-state index in [1.54, 1.807) is 0 Å². The van der Waals surface area contributed by atoms with Crippen molar-refractivity contribution < 1.29 is 33.4 Å². The summed E-state index contributed by atoms with van der Waals surface area (Å²) in [5.41, 5.74) is 0. The fraction of sp³-hybridized carbons (Fsp3) is 0. The Kier molecular flexibility index (Phi) is 13.7. The van der Waals surface area contributed by atoms with E-state index in [0.29, 0.717) is 0 Å². The Morgan fingerprint density at radius 2 is 1.43 bits per heavy atom. The van der Waals surface area contributed by atoms with E-state index in [9.17, 15) is 8.63 Å². The van der Waals surface area contributed by atoms with Gasteiger partial charge < -0.3 is 9.32 Å². The van der Waals surface area contributed by atoms with Gasteiger partial charge in [-0.2, -0.15) is 0 Å². The summed E-state index contributed by atoms with van der Waals surface area (Å²) in [7, 11) is -3.60. The molecule has 7 heteroatoms. The van der Waals surface area contributed by atoms with Crippen LogP contribution in [0.4, 0.5) is 8.63 Å². The SMILES string of the molecule is F[B]F.[O-][Cl+2]([O-])O. The highest BCUT2D eigenvalue weighted by molar-refractivity contribution is 6.15. The molecular weight excluding hydrogens is 132 g/mol. The van der Waals surface area contributed by atoms with Gasteiger partial charge in [-0.05, 0) is 0 Å². The molecule has 0 aliphatic carbocycles. The molecule has 0 fully saturated rings. The van der Waals surface area contributed by atoms with Crippen LogP contribution in [0.15, 0.2) is 0 Å². The van der Waals surface area contributed by atoms with Crippen LogP contribution in [0, 0.1) is 10.8 Å². The first-order valence-electron chi connectivity index (χ1n) is 0.914. The van der Waals surface area contributed by atoms with E-state index in [-0.39, 0.29) is 0 Å². The van der Waals surface area contributed by atoms with E-state index in [0.717, 1.165) is 0 Å². The number of rotatable bonds is 0. The lowest BCUT2D eigenvalue weighted by Crippen LogP contribution is -2.30. The Bertz CT molecular complexity index is 24.1. The molecule has 0 bridgehead atoms. The quantitative estimate of drug-likeness (QED) is 0.372. The van der Waals surface area contributed by atoms with Crippen LogP contribution in [0.1, 0.15) is 0 Å². The summed E-state index contributed by atoms with van der Waals surface area (Å²) >= 11 is 0. The van der Waals surface area contributed by atoms with E-state index in [4.69, 9.17) is 14.0 Å². The molecule has 43 valence electrons. The Morgan fingerprint density at radius 3 is 1.43 bits per heavy atom. The molecule has 1 N–H and O–H groups in total. The molecule has 0 unspecified atom stereocenters. The standard InChI is InChI=1S/BF2.ClHO3/c2-1-3;2-1(3)4/h;2H. The van der Waals surface area contributed by atoms with Crippen molar-refractivity contribution in [2.24, 2.45) is 0 Å². The van der Waals surface area contributed by atoms with E-state index in [1.807, 2.05) is 0 Å². The van der Waals surface area contributed by atoms with Crippen molar-refractivity contribution in [2.75, 3.05) is 0 Å². The van der Waals surface area contributed by atoms with Crippen LogP contribution in [0.3, 0.4) is 0 Å². The van der Waals surface area contributed by atoms with Crippen LogP contribution < -0.4 is 9.32 Å². The summed E-state index contributed by atoms with van der Waals surface area (Å²) in [6.45, 7) is 0. The van der Waals surface area contributed by atoms with Gasteiger partial charge in [0, 0.05) is 4.66 Å². The molecular formula is HBClF2O3. The maximum atomic E-state index is 9.50. The summed E-state index contributed by atoms with van der Waals surface area (Å²) in [5, 5.41) is 0. The Morgan fingerprint density at radius 1 is 1.43 bits per heavy atom. The van der Waals surface area contributed by atoms with Crippen molar-refractivity contribution in [2.45, 2.75) is 0 Å². The fourth-order valence-corrected chi connectivity index (χ4v) is 0. The maximum absolute atomic E-state index is 9.50. The van der Waals surface area contributed by atoms with Gasteiger partial charge in [0.05, 0.1) is 0 Å². The van der Waals surface area contributed by atoms with Crippen molar-refractivity contribution >= 4 is 7.83 Å². The maximum Gasteiger partial charge on any atom is 0.577 e. The van der Waals surface area contributed by atoms with Crippen LogP contribution in [-0.2, 0) is 0 Å².